The summed E-state index contributed by atoms with van der Waals surface area (Å²) in [5, 5.41) is 5.10. The number of hydrogen-bond acceptors (Lipinski definition) is 6. The lowest BCUT2D eigenvalue weighted by Gasteiger charge is -2.14. The SMILES string of the molecule is COc1cc(/C=C2\SC(=O)N(Cc3ccc4ccccc4c3)C2=O)cc(Br)c1OCC(=O)Nc1ccc(C)c(Cl)c1. The van der Waals surface area contributed by atoms with Crippen LogP contribution >= 0.6 is 39.3 Å². The third-order valence-corrected chi connectivity index (χ3v) is 8.28. The maximum absolute atomic E-state index is 13.2. The van der Waals surface area contributed by atoms with Crippen molar-refractivity contribution in [3.63, 3.8) is 0 Å². The van der Waals surface area contributed by atoms with Crippen LogP contribution in [0.4, 0.5) is 10.5 Å². The van der Waals surface area contributed by atoms with Crippen LogP contribution < -0.4 is 14.8 Å². The molecular formula is C31H24BrClN2O5S. The zero-order chi connectivity index (χ0) is 29.1. The van der Waals surface area contributed by atoms with E-state index in [2.05, 4.69) is 21.2 Å². The predicted molar refractivity (Wildman–Crippen MR) is 166 cm³/mol. The van der Waals surface area contributed by atoms with Crippen LogP contribution in [0.15, 0.2) is 82.2 Å². The van der Waals surface area contributed by atoms with E-state index in [9.17, 15) is 14.4 Å². The molecule has 0 spiro atoms. The van der Waals surface area contributed by atoms with Gasteiger partial charge in [0.05, 0.1) is 23.0 Å². The van der Waals surface area contributed by atoms with E-state index in [4.69, 9.17) is 21.1 Å². The minimum absolute atomic E-state index is 0.184. The Labute approximate surface area is 254 Å². The van der Waals surface area contributed by atoms with Crippen LogP contribution in [0.1, 0.15) is 16.7 Å². The highest BCUT2D eigenvalue weighted by atomic mass is 79.9. The molecule has 208 valence electrons. The summed E-state index contributed by atoms with van der Waals surface area (Å²) in [6.45, 7) is 1.79. The zero-order valence-electron chi connectivity index (χ0n) is 22.1. The van der Waals surface area contributed by atoms with Crippen LogP contribution in [0.5, 0.6) is 11.5 Å². The summed E-state index contributed by atoms with van der Waals surface area (Å²) in [5.74, 6) is -0.0576. The van der Waals surface area contributed by atoms with E-state index in [1.807, 2.05) is 55.5 Å². The number of nitrogens with one attached hydrogen (secondary N) is 1. The van der Waals surface area contributed by atoms with Gasteiger partial charge in [0.1, 0.15) is 0 Å². The number of methoxy groups -OCH3 is 1. The average molecular weight is 652 g/mol. The molecule has 7 nitrogen and oxygen atoms in total. The second-order valence-corrected chi connectivity index (χ2v) is 11.5. The Kier molecular flexibility index (Phi) is 8.68. The molecule has 3 amide bonds. The van der Waals surface area contributed by atoms with Gasteiger partial charge in [-0.3, -0.25) is 19.3 Å². The van der Waals surface area contributed by atoms with Gasteiger partial charge in [-0.1, -0.05) is 54.1 Å². The van der Waals surface area contributed by atoms with E-state index in [1.54, 1.807) is 30.3 Å². The van der Waals surface area contributed by atoms with Crippen molar-refractivity contribution in [1.82, 2.24) is 4.90 Å². The third kappa shape index (κ3) is 6.59. The molecule has 0 radical (unpaired) electrons. The molecule has 1 heterocycles. The van der Waals surface area contributed by atoms with Crippen molar-refractivity contribution in [1.29, 1.82) is 0 Å². The van der Waals surface area contributed by atoms with Gasteiger partial charge >= 0.3 is 0 Å². The minimum Gasteiger partial charge on any atom is -0.493 e. The molecule has 4 aromatic rings. The number of carbonyl (C=O) groups excluding carboxylic acids is 3. The van der Waals surface area contributed by atoms with E-state index >= 15 is 0 Å². The molecule has 1 aliphatic rings. The molecule has 0 aromatic heterocycles. The van der Waals surface area contributed by atoms with Crippen LogP contribution in [0.25, 0.3) is 16.8 Å². The van der Waals surface area contributed by atoms with Crippen LogP contribution in [-0.4, -0.2) is 35.7 Å². The number of ether oxygens (including phenoxy) is 2. The highest BCUT2D eigenvalue weighted by molar-refractivity contribution is 9.10. The average Bonchev–Trinajstić information content (AvgIpc) is 3.21. The molecule has 0 aliphatic carbocycles. The van der Waals surface area contributed by atoms with Crippen molar-refractivity contribution in [3.05, 3.63) is 104 Å². The fourth-order valence-corrected chi connectivity index (χ4v) is 5.87. The molecule has 0 saturated carbocycles. The molecule has 1 aliphatic heterocycles. The number of imide groups is 1. The highest BCUT2D eigenvalue weighted by Crippen LogP contribution is 2.39. The van der Waals surface area contributed by atoms with Gasteiger partial charge in [-0.15, -0.1) is 0 Å². The van der Waals surface area contributed by atoms with Gasteiger partial charge in [-0.05, 0) is 98.5 Å². The third-order valence-electron chi connectivity index (χ3n) is 6.38. The first-order valence-corrected chi connectivity index (χ1v) is 14.5. The summed E-state index contributed by atoms with van der Waals surface area (Å²) in [4.78, 5) is 39.9. The molecule has 0 unspecified atom stereocenters. The normalized spacial score (nSPS) is 14.1. The number of carbonyl (C=O) groups is 3. The van der Waals surface area contributed by atoms with Gasteiger partial charge in [0, 0.05) is 10.7 Å². The number of nitrogens with zero attached hydrogens (tertiary/aromatic N) is 1. The lowest BCUT2D eigenvalue weighted by atomic mass is 10.1. The van der Waals surface area contributed by atoms with Crippen molar-refractivity contribution >= 4 is 78.9 Å². The Bertz CT molecular complexity index is 1720. The Morgan fingerprint density at radius 2 is 1.83 bits per heavy atom. The van der Waals surface area contributed by atoms with Crippen molar-refractivity contribution < 1.29 is 23.9 Å². The zero-order valence-corrected chi connectivity index (χ0v) is 25.2. The smallest absolute Gasteiger partial charge is 0.293 e. The quantitative estimate of drug-likeness (QED) is 0.196. The number of thioether (sulfide) groups is 1. The summed E-state index contributed by atoms with van der Waals surface area (Å²) < 4.78 is 11.8. The van der Waals surface area contributed by atoms with Crippen molar-refractivity contribution in [2.45, 2.75) is 13.5 Å². The van der Waals surface area contributed by atoms with Crippen LogP contribution in [0.2, 0.25) is 5.02 Å². The first-order valence-electron chi connectivity index (χ1n) is 12.5. The molecule has 1 saturated heterocycles. The van der Waals surface area contributed by atoms with E-state index in [1.165, 1.54) is 12.0 Å². The van der Waals surface area contributed by atoms with E-state index in [0.29, 0.717) is 37.2 Å². The van der Waals surface area contributed by atoms with Gasteiger partial charge in [0.2, 0.25) is 0 Å². The molecule has 0 bridgehead atoms. The Morgan fingerprint density at radius 1 is 1.05 bits per heavy atom. The second kappa shape index (κ2) is 12.4. The molecule has 0 atom stereocenters. The van der Waals surface area contributed by atoms with Gasteiger partial charge in [-0.25, -0.2) is 0 Å². The maximum atomic E-state index is 13.2. The molecule has 41 heavy (non-hydrogen) atoms. The molecule has 1 fully saturated rings. The van der Waals surface area contributed by atoms with Gasteiger partial charge in [-0.2, -0.15) is 0 Å². The van der Waals surface area contributed by atoms with Crippen LogP contribution in [0.3, 0.4) is 0 Å². The number of benzene rings is 4. The topological polar surface area (TPSA) is 84.9 Å². The highest BCUT2D eigenvalue weighted by Gasteiger charge is 2.35. The van der Waals surface area contributed by atoms with Crippen LogP contribution in [0, 0.1) is 6.92 Å². The summed E-state index contributed by atoms with van der Waals surface area (Å²) in [6, 6.07) is 22.5. The lowest BCUT2D eigenvalue weighted by Crippen LogP contribution is -2.27. The van der Waals surface area contributed by atoms with Gasteiger partial charge < -0.3 is 14.8 Å². The minimum atomic E-state index is -0.372. The van der Waals surface area contributed by atoms with Gasteiger partial charge in [0.15, 0.2) is 18.1 Å². The monoisotopic (exact) mass is 650 g/mol. The second-order valence-electron chi connectivity index (χ2n) is 9.28. The van der Waals surface area contributed by atoms with E-state index < -0.39 is 0 Å². The summed E-state index contributed by atoms with van der Waals surface area (Å²) in [6.07, 6.45) is 1.64. The van der Waals surface area contributed by atoms with E-state index in [-0.39, 0.29) is 30.2 Å². The summed E-state index contributed by atoms with van der Waals surface area (Å²) >= 11 is 10.5. The number of amides is 3. The molecule has 1 N–H and O–H groups in total. The fourth-order valence-electron chi connectivity index (χ4n) is 4.28. The molecule has 5 rings (SSSR count). The van der Waals surface area contributed by atoms with Gasteiger partial charge in [0.25, 0.3) is 17.1 Å². The van der Waals surface area contributed by atoms with Crippen LogP contribution in [-0.2, 0) is 16.1 Å². The number of hydrogen-bond donors (Lipinski definition) is 1. The fraction of sp³-hybridized carbons (Fsp3) is 0.129. The molecular weight excluding hydrogens is 628 g/mol. The standard InChI is InChI=1S/C31H24BrClN2O5S/c1-18-7-10-23(15-25(18)33)34-28(36)17-40-29-24(32)12-20(13-26(29)39-2)14-27-30(37)35(31(38)41-27)16-19-8-9-21-5-3-4-6-22(21)11-19/h3-15H,16-17H2,1-2H3,(H,34,36)/b27-14-. The lowest BCUT2D eigenvalue weighted by molar-refractivity contribution is -0.123. The summed E-state index contributed by atoms with van der Waals surface area (Å²) in [7, 11) is 1.48. The number of rotatable bonds is 8. The molecule has 10 heteroatoms. The molecule has 4 aromatic carbocycles. The van der Waals surface area contributed by atoms with Crippen molar-refractivity contribution in [3.8, 4) is 11.5 Å². The van der Waals surface area contributed by atoms with Crippen molar-refractivity contribution in [2.75, 3.05) is 19.0 Å². The number of aryl methyl sites for hydroxylation is 1. The first kappa shape index (κ1) is 28.7. The summed E-state index contributed by atoms with van der Waals surface area (Å²) in [5.41, 5.74) is 2.96. The van der Waals surface area contributed by atoms with Crippen molar-refractivity contribution in [2.24, 2.45) is 0 Å². The Hall–Kier alpha value is -3.79. The Balaban J connectivity index is 1.28. The number of halogens is 2. The number of fused-ring (bicyclic) bond motifs is 1. The maximum Gasteiger partial charge on any atom is 0.293 e. The first-order chi connectivity index (χ1) is 19.7. The van der Waals surface area contributed by atoms with E-state index in [0.717, 1.165) is 33.7 Å². The predicted octanol–water partition coefficient (Wildman–Crippen LogP) is 7.83. The number of anilines is 1. The largest absolute Gasteiger partial charge is 0.493 e. The Morgan fingerprint density at radius 3 is 2.59 bits per heavy atom.